The normalized spacial score (nSPS) is 10.4. The summed E-state index contributed by atoms with van der Waals surface area (Å²) in [7, 11) is 0. The third-order valence-corrected chi connectivity index (χ3v) is 2.36. The molecule has 4 heteroatoms. The standard InChI is InChI=1S/C7H12N2OS/c1-2-3-4-6-8-9-7(5-10)11-6/h10H,2-5H2,1H3. The monoisotopic (exact) mass is 172 g/mol. The molecule has 3 nitrogen and oxygen atoms in total. The molecule has 1 rings (SSSR count). The third kappa shape index (κ3) is 2.55. The largest absolute Gasteiger partial charge is 0.389 e. The van der Waals surface area contributed by atoms with Crippen molar-refractivity contribution in [3.63, 3.8) is 0 Å². The van der Waals surface area contributed by atoms with E-state index < -0.39 is 0 Å². The Morgan fingerprint density at radius 2 is 2.09 bits per heavy atom. The molecule has 0 aliphatic carbocycles. The fourth-order valence-electron chi connectivity index (χ4n) is 0.781. The van der Waals surface area contributed by atoms with E-state index in [9.17, 15) is 0 Å². The quantitative estimate of drug-likeness (QED) is 0.746. The van der Waals surface area contributed by atoms with E-state index in [0.717, 1.165) is 22.9 Å². The highest BCUT2D eigenvalue weighted by atomic mass is 32.1. The zero-order valence-electron chi connectivity index (χ0n) is 6.58. The van der Waals surface area contributed by atoms with Gasteiger partial charge in [0.1, 0.15) is 10.0 Å². The molecule has 0 atom stereocenters. The van der Waals surface area contributed by atoms with Gasteiger partial charge in [0.05, 0.1) is 6.61 Å². The molecule has 1 aromatic rings. The number of aliphatic hydroxyl groups excluding tert-OH is 1. The number of hydrogen-bond acceptors (Lipinski definition) is 4. The molecule has 0 aliphatic rings. The van der Waals surface area contributed by atoms with Crippen molar-refractivity contribution in [2.24, 2.45) is 0 Å². The van der Waals surface area contributed by atoms with Crippen molar-refractivity contribution in [3.8, 4) is 0 Å². The molecule has 0 aliphatic heterocycles. The summed E-state index contributed by atoms with van der Waals surface area (Å²) in [6.07, 6.45) is 3.32. The Hall–Kier alpha value is -0.480. The highest BCUT2D eigenvalue weighted by Gasteiger charge is 2.00. The summed E-state index contributed by atoms with van der Waals surface area (Å²) in [5.74, 6) is 0. The smallest absolute Gasteiger partial charge is 0.143 e. The molecule has 1 aromatic heterocycles. The van der Waals surface area contributed by atoms with Gasteiger partial charge in [-0.3, -0.25) is 0 Å². The minimum Gasteiger partial charge on any atom is -0.389 e. The Labute approximate surface area is 70.1 Å². The average Bonchev–Trinajstić information content (AvgIpc) is 2.48. The second-order valence-electron chi connectivity index (χ2n) is 2.35. The molecular weight excluding hydrogens is 160 g/mol. The second kappa shape index (κ2) is 4.41. The van der Waals surface area contributed by atoms with Crippen molar-refractivity contribution in [1.82, 2.24) is 10.2 Å². The number of rotatable bonds is 4. The number of aromatic nitrogens is 2. The highest BCUT2D eigenvalue weighted by Crippen LogP contribution is 2.11. The van der Waals surface area contributed by atoms with Gasteiger partial charge in [0.15, 0.2) is 0 Å². The summed E-state index contributed by atoms with van der Waals surface area (Å²) in [5.41, 5.74) is 0. The second-order valence-corrected chi connectivity index (χ2v) is 3.50. The molecule has 62 valence electrons. The van der Waals surface area contributed by atoms with Crippen LogP contribution in [0, 0.1) is 0 Å². The van der Waals surface area contributed by atoms with E-state index >= 15 is 0 Å². The maximum absolute atomic E-state index is 8.68. The first-order valence-electron chi connectivity index (χ1n) is 3.79. The SMILES string of the molecule is CCCCc1nnc(CO)s1. The van der Waals surface area contributed by atoms with E-state index in [-0.39, 0.29) is 6.61 Å². The van der Waals surface area contributed by atoms with Crippen LogP contribution in [-0.2, 0) is 13.0 Å². The Morgan fingerprint density at radius 3 is 2.64 bits per heavy atom. The fraction of sp³-hybridized carbons (Fsp3) is 0.714. The van der Waals surface area contributed by atoms with Gasteiger partial charge in [-0.2, -0.15) is 0 Å². The first kappa shape index (κ1) is 8.62. The lowest BCUT2D eigenvalue weighted by atomic mass is 10.3. The lowest BCUT2D eigenvalue weighted by Gasteiger charge is -1.88. The summed E-state index contributed by atoms with van der Waals surface area (Å²) in [6.45, 7) is 2.16. The van der Waals surface area contributed by atoms with Crippen molar-refractivity contribution >= 4 is 11.3 Å². The Kier molecular flexibility index (Phi) is 3.45. The van der Waals surface area contributed by atoms with Gasteiger partial charge in [0.2, 0.25) is 0 Å². The maximum Gasteiger partial charge on any atom is 0.143 e. The van der Waals surface area contributed by atoms with Crippen LogP contribution in [0.15, 0.2) is 0 Å². The van der Waals surface area contributed by atoms with Crippen LogP contribution in [0.4, 0.5) is 0 Å². The van der Waals surface area contributed by atoms with E-state index in [1.807, 2.05) is 0 Å². The van der Waals surface area contributed by atoms with Crippen molar-refractivity contribution < 1.29 is 5.11 Å². The summed E-state index contributed by atoms with van der Waals surface area (Å²) >= 11 is 1.50. The molecule has 11 heavy (non-hydrogen) atoms. The molecule has 1 N–H and O–H groups in total. The number of aliphatic hydroxyl groups is 1. The van der Waals surface area contributed by atoms with E-state index in [0.29, 0.717) is 0 Å². The minimum atomic E-state index is 0.0177. The van der Waals surface area contributed by atoms with Gasteiger partial charge in [0.25, 0.3) is 0 Å². The van der Waals surface area contributed by atoms with Gasteiger partial charge < -0.3 is 5.11 Å². The molecule has 0 radical (unpaired) electrons. The van der Waals surface area contributed by atoms with Crippen molar-refractivity contribution in [1.29, 1.82) is 0 Å². The molecular formula is C7H12N2OS. The Morgan fingerprint density at radius 1 is 1.36 bits per heavy atom. The fourth-order valence-corrected chi connectivity index (χ4v) is 1.53. The van der Waals surface area contributed by atoms with E-state index in [2.05, 4.69) is 17.1 Å². The van der Waals surface area contributed by atoms with Crippen molar-refractivity contribution in [3.05, 3.63) is 10.0 Å². The first-order chi connectivity index (χ1) is 5.36. The average molecular weight is 172 g/mol. The lowest BCUT2D eigenvalue weighted by Crippen LogP contribution is -1.82. The zero-order chi connectivity index (χ0) is 8.10. The molecule has 0 bridgehead atoms. The third-order valence-electron chi connectivity index (χ3n) is 1.39. The van der Waals surface area contributed by atoms with Crippen LogP contribution in [-0.4, -0.2) is 15.3 Å². The molecule has 0 aromatic carbocycles. The van der Waals surface area contributed by atoms with Gasteiger partial charge in [-0.25, -0.2) is 0 Å². The molecule has 0 spiro atoms. The predicted molar refractivity (Wildman–Crippen MR) is 44.4 cm³/mol. The van der Waals surface area contributed by atoms with E-state index in [1.165, 1.54) is 17.8 Å². The number of nitrogens with zero attached hydrogens (tertiary/aromatic N) is 2. The van der Waals surface area contributed by atoms with Crippen LogP contribution < -0.4 is 0 Å². The van der Waals surface area contributed by atoms with Crippen LogP contribution in [0.3, 0.4) is 0 Å². The van der Waals surface area contributed by atoms with E-state index in [4.69, 9.17) is 5.11 Å². The summed E-state index contributed by atoms with van der Waals surface area (Å²) in [6, 6.07) is 0. The highest BCUT2D eigenvalue weighted by molar-refractivity contribution is 7.11. The molecule has 0 saturated heterocycles. The Balaban J connectivity index is 2.44. The summed E-state index contributed by atoms with van der Waals surface area (Å²) in [5, 5.41) is 18.2. The number of aryl methyl sites for hydroxylation is 1. The minimum absolute atomic E-state index is 0.0177. The number of hydrogen-bond donors (Lipinski definition) is 1. The van der Waals surface area contributed by atoms with Crippen molar-refractivity contribution in [2.45, 2.75) is 32.8 Å². The Bertz CT molecular complexity index is 212. The topological polar surface area (TPSA) is 46.0 Å². The van der Waals surface area contributed by atoms with E-state index in [1.54, 1.807) is 0 Å². The van der Waals surface area contributed by atoms with Gasteiger partial charge in [-0.05, 0) is 6.42 Å². The molecule has 0 unspecified atom stereocenters. The van der Waals surface area contributed by atoms with Gasteiger partial charge in [-0.15, -0.1) is 10.2 Å². The van der Waals surface area contributed by atoms with Crippen LogP contribution in [0.2, 0.25) is 0 Å². The molecule has 1 heterocycles. The molecule has 0 saturated carbocycles. The maximum atomic E-state index is 8.68. The number of unbranched alkanes of at least 4 members (excludes halogenated alkanes) is 1. The molecule has 0 fully saturated rings. The summed E-state index contributed by atoms with van der Waals surface area (Å²) < 4.78 is 0. The van der Waals surface area contributed by atoms with Crippen LogP contribution in [0.25, 0.3) is 0 Å². The van der Waals surface area contributed by atoms with Crippen LogP contribution >= 0.6 is 11.3 Å². The lowest BCUT2D eigenvalue weighted by molar-refractivity contribution is 0.280. The van der Waals surface area contributed by atoms with Gasteiger partial charge in [-0.1, -0.05) is 24.7 Å². The summed E-state index contributed by atoms with van der Waals surface area (Å²) in [4.78, 5) is 0. The van der Waals surface area contributed by atoms with Crippen molar-refractivity contribution in [2.75, 3.05) is 0 Å². The van der Waals surface area contributed by atoms with Crippen LogP contribution in [0.1, 0.15) is 29.8 Å². The van der Waals surface area contributed by atoms with Crippen LogP contribution in [0.5, 0.6) is 0 Å². The first-order valence-corrected chi connectivity index (χ1v) is 4.60. The zero-order valence-corrected chi connectivity index (χ0v) is 7.39. The molecule has 0 amide bonds. The van der Waals surface area contributed by atoms with Gasteiger partial charge >= 0.3 is 0 Å². The predicted octanol–water partition coefficient (Wildman–Crippen LogP) is 1.37. The van der Waals surface area contributed by atoms with Gasteiger partial charge in [0, 0.05) is 6.42 Å².